The Morgan fingerprint density at radius 2 is 1.46 bits per heavy atom. The van der Waals surface area contributed by atoms with Crippen molar-refractivity contribution in [2.75, 3.05) is 25.6 Å². The Hall–Kier alpha value is -3.11. The van der Waals surface area contributed by atoms with Crippen molar-refractivity contribution in [3.63, 3.8) is 0 Å². The standard InChI is InChI=1S/C22H21NO3/c1-25-15-16-26-21-10-6-5-9-20(21)22(24)23-19-13-11-18(12-14-19)17-7-3-2-4-8-17/h2-14H,15-16H2,1H3,(H,23,24). The van der Waals surface area contributed by atoms with Gasteiger partial charge >= 0.3 is 0 Å². The molecule has 1 amide bonds. The van der Waals surface area contributed by atoms with Gasteiger partial charge in [-0.2, -0.15) is 0 Å². The van der Waals surface area contributed by atoms with Crippen LogP contribution >= 0.6 is 0 Å². The third-order valence-electron chi connectivity index (χ3n) is 3.93. The topological polar surface area (TPSA) is 47.6 Å². The van der Waals surface area contributed by atoms with Crippen molar-refractivity contribution in [2.24, 2.45) is 0 Å². The van der Waals surface area contributed by atoms with Gasteiger partial charge < -0.3 is 14.8 Å². The van der Waals surface area contributed by atoms with Crippen LogP contribution in [-0.4, -0.2) is 26.2 Å². The lowest BCUT2D eigenvalue weighted by Gasteiger charge is -2.12. The second kappa shape index (κ2) is 8.83. The van der Waals surface area contributed by atoms with Gasteiger partial charge in [0.1, 0.15) is 12.4 Å². The van der Waals surface area contributed by atoms with Crippen molar-refractivity contribution < 1.29 is 14.3 Å². The first kappa shape index (κ1) is 17.7. The van der Waals surface area contributed by atoms with Crippen LogP contribution in [0.5, 0.6) is 5.75 Å². The zero-order valence-corrected chi connectivity index (χ0v) is 14.6. The van der Waals surface area contributed by atoms with E-state index in [1.54, 1.807) is 19.2 Å². The monoisotopic (exact) mass is 347 g/mol. The van der Waals surface area contributed by atoms with Crippen molar-refractivity contribution >= 4 is 11.6 Å². The minimum absolute atomic E-state index is 0.203. The van der Waals surface area contributed by atoms with Gasteiger partial charge in [-0.05, 0) is 35.4 Å². The molecule has 0 aliphatic rings. The lowest BCUT2D eigenvalue weighted by Crippen LogP contribution is -2.14. The quantitative estimate of drug-likeness (QED) is 0.634. The van der Waals surface area contributed by atoms with Crippen LogP contribution in [0, 0.1) is 0 Å². The molecule has 0 heterocycles. The van der Waals surface area contributed by atoms with Gasteiger partial charge in [0.2, 0.25) is 0 Å². The Morgan fingerprint density at radius 1 is 0.808 bits per heavy atom. The molecule has 132 valence electrons. The number of nitrogens with one attached hydrogen (secondary N) is 1. The molecular formula is C22H21NO3. The number of hydrogen-bond donors (Lipinski definition) is 1. The van der Waals surface area contributed by atoms with E-state index in [9.17, 15) is 4.79 Å². The van der Waals surface area contributed by atoms with E-state index >= 15 is 0 Å². The highest BCUT2D eigenvalue weighted by atomic mass is 16.5. The number of methoxy groups -OCH3 is 1. The summed E-state index contributed by atoms with van der Waals surface area (Å²) < 4.78 is 10.6. The molecule has 0 aliphatic carbocycles. The number of para-hydroxylation sites is 1. The molecule has 0 fully saturated rings. The molecule has 0 saturated heterocycles. The number of benzene rings is 3. The average molecular weight is 347 g/mol. The normalized spacial score (nSPS) is 10.3. The van der Waals surface area contributed by atoms with Crippen LogP contribution in [0.1, 0.15) is 10.4 Å². The van der Waals surface area contributed by atoms with E-state index in [-0.39, 0.29) is 5.91 Å². The lowest BCUT2D eigenvalue weighted by molar-refractivity contribution is 0.101. The second-order valence-electron chi connectivity index (χ2n) is 5.73. The summed E-state index contributed by atoms with van der Waals surface area (Å²) in [7, 11) is 1.61. The predicted molar refractivity (Wildman–Crippen MR) is 104 cm³/mol. The predicted octanol–water partition coefficient (Wildman–Crippen LogP) is 4.63. The zero-order valence-electron chi connectivity index (χ0n) is 14.6. The van der Waals surface area contributed by atoms with E-state index in [4.69, 9.17) is 9.47 Å². The lowest BCUT2D eigenvalue weighted by atomic mass is 10.1. The molecule has 0 atom stereocenters. The number of ether oxygens (including phenoxy) is 2. The van der Waals surface area contributed by atoms with E-state index in [0.29, 0.717) is 24.5 Å². The number of carbonyl (C=O) groups excluding carboxylic acids is 1. The van der Waals surface area contributed by atoms with Crippen LogP contribution in [0.4, 0.5) is 5.69 Å². The summed E-state index contributed by atoms with van der Waals surface area (Å²) in [5.41, 5.74) is 3.48. The summed E-state index contributed by atoms with van der Waals surface area (Å²) in [4.78, 5) is 12.6. The molecule has 4 nitrogen and oxygen atoms in total. The Balaban J connectivity index is 1.70. The van der Waals surface area contributed by atoms with Crippen molar-refractivity contribution in [2.45, 2.75) is 0 Å². The van der Waals surface area contributed by atoms with Gasteiger partial charge in [0.15, 0.2) is 0 Å². The number of carbonyl (C=O) groups is 1. The highest BCUT2D eigenvalue weighted by Gasteiger charge is 2.12. The molecule has 0 spiro atoms. The van der Waals surface area contributed by atoms with Crippen LogP contribution in [0.15, 0.2) is 78.9 Å². The van der Waals surface area contributed by atoms with Crippen LogP contribution in [0.3, 0.4) is 0 Å². The molecular weight excluding hydrogens is 326 g/mol. The van der Waals surface area contributed by atoms with Crippen molar-refractivity contribution in [1.82, 2.24) is 0 Å². The highest BCUT2D eigenvalue weighted by molar-refractivity contribution is 6.06. The zero-order chi connectivity index (χ0) is 18.2. The third kappa shape index (κ3) is 4.49. The number of amides is 1. The second-order valence-corrected chi connectivity index (χ2v) is 5.73. The summed E-state index contributed by atoms with van der Waals surface area (Å²) in [6, 6.07) is 25.1. The Bertz CT molecular complexity index is 845. The van der Waals surface area contributed by atoms with Gasteiger partial charge in [-0.25, -0.2) is 0 Å². The molecule has 0 radical (unpaired) electrons. The van der Waals surface area contributed by atoms with E-state index in [1.807, 2.05) is 54.6 Å². The summed E-state index contributed by atoms with van der Waals surface area (Å²) in [5.74, 6) is 0.341. The smallest absolute Gasteiger partial charge is 0.259 e. The molecule has 0 aliphatic heterocycles. The minimum atomic E-state index is -0.203. The molecule has 0 unspecified atom stereocenters. The first-order valence-corrected chi connectivity index (χ1v) is 8.45. The highest BCUT2D eigenvalue weighted by Crippen LogP contribution is 2.23. The molecule has 0 bridgehead atoms. The molecule has 3 rings (SSSR count). The fraction of sp³-hybridized carbons (Fsp3) is 0.136. The first-order valence-electron chi connectivity index (χ1n) is 8.45. The molecule has 0 aromatic heterocycles. The van der Waals surface area contributed by atoms with Gasteiger partial charge in [-0.15, -0.1) is 0 Å². The average Bonchev–Trinajstić information content (AvgIpc) is 2.70. The molecule has 3 aromatic carbocycles. The SMILES string of the molecule is COCCOc1ccccc1C(=O)Nc1ccc(-c2ccccc2)cc1. The first-order chi connectivity index (χ1) is 12.8. The number of rotatable bonds is 7. The fourth-order valence-corrected chi connectivity index (χ4v) is 2.59. The van der Waals surface area contributed by atoms with Crippen LogP contribution in [0.25, 0.3) is 11.1 Å². The number of anilines is 1. The van der Waals surface area contributed by atoms with Crippen molar-refractivity contribution in [3.05, 3.63) is 84.4 Å². The molecule has 26 heavy (non-hydrogen) atoms. The summed E-state index contributed by atoms with van der Waals surface area (Å²) in [5, 5.41) is 2.92. The molecule has 3 aromatic rings. The van der Waals surface area contributed by atoms with Gasteiger partial charge in [-0.1, -0.05) is 54.6 Å². The largest absolute Gasteiger partial charge is 0.490 e. The number of hydrogen-bond acceptors (Lipinski definition) is 3. The minimum Gasteiger partial charge on any atom is -0.490 e. The van der Waals surface area contributed by atoms with E-state index in [1.165, 1.54) is 0 Å². The van der Waals surface area contributed by atoms with Gasteiger partial charge in [0.25, 0.3) is 5.91 Å². The summed E-state index contributed by atoms with van der Waals surface area (Å²) in [6.07, 6.45) is 0. The maximum atomic E-state index is 12.6. The molecule has 0 saturated carbocycles. The summed E-state index contributed by atoms with van der Waals surface area (Å²) in [6.45, 7) is 0.865. The van der Waals surface area contributed by atoms with Crippen LogP contribution < -0.4 is 10.1 Å². The Kier molecular flexibility index (Phi) is 6.01. The van der Waals surface area contributed by atoms with Crippen molar-refractivity contribution in [1.29, 1.82) is 0 Å². The van der Waals surface area contributed by atoms with Crippen molar-refractivity contribution in [3.8, 4) is 16.9 Å². The van der Waals surface area contributed by atoms with Gasteiger partial charge in [0, 0.05) is 12.8 Å². The van der Waals surface area contributed by atoms with Gasteiger partial charge in [-0.3, -0.25) is 4.79 Å². The van der Waals surface area contributed by atoms with E-state index < -0.39 is 0 Å². The Morgan fingerprint density at radius 3 is 2.19 bits per heavy atom. The van der Waals surface area contributed by atoms with E-state index in [2.05, 4.69) is 17.4 Å². The Labute approximate surface area is 153 Å². The fourth-order valence-electron chi connectivity index (χ4n) is 2.59. The molecule has 4 heteroatoms. The molecule has 1 N–H and O–H groups in total. The van der Waals surface area contributed by atoms with Gasteiger partial charge in [0.05, 0.1) is 12.2 Å². The van der Waals surface area contributed by atoms with Crippen LogP contribution in [-0.2, 0) is 4.74 Å². The third-order valence-corrected chi connectivity index (χ3v) is 3.93. The van der Waals surface area contributed by atoms with Crippen LogP contribution in [0.2, 0.25) is 0 Å². The maximum absolute atomic E-state index is 12.6. The summed E-state index contributed by atoms with van der Waals surface area (Å²) >= 11 is 0. The van der Waals surface area contributed by atoms with E-state index in [0.717, 1.165) is 16.8 Å². The maximum Gasteiger partial charge on any atom is 0.259 e.